The first-order valence-corrected chi connectivity index (χ1v) is 6.38. The van der Waals surface area contributed by atoms with Crippen molar-refractivity contribution in [2.75, 3.05) is 18.0 Å². The standard InChI is InChI=1S/C11H10ClN7O/c12-9-7-1-2-14-10(7)17-11(16-9)19-5-6(3-8(19)20)4-15-18-13/h1-2,6H,3-5H2,(H,14,16,17). The number of aromatic amines is 1. The average molecular weight is 292 g/mol. The second-order valence-electron chi connectivity index (χ2n) is 4.54. The topological polar surface area (TPSA) is 111 Å². The van der Waals surface area contributed by atoms with Crippen LogP contribution in [0.3, 0.4) is 0 Å². The number of aromatic nitrogens is 3. The van der Waals surface area contributed by atoms with Crippen molar-refractivity contribution in [1.29, 1.82) is 0 Å². The van der Waals surface area contributed by atoms with Crippen LogP contribution in [-0.4, -0.2) is 33.9 Å². The molecule has 1 N–H and O–H groups in total. The molecule has 1 fully saturated rings. The summed E-state index contributed by atoms with van der Waals surface area (Å²) in [5.74, 6) is 0.170. The number of nitrogens with zero attached hydrogens (tertiary/aromatic N) is 6. The van der Waals surface area contributed by atoms with Gasteiger partial charge in [-0.05, 0) is 17.5 Å². The zero-order valence-corrected chi connectivity index (χ0v) is 11.1. The summed E-state index contributed by atoms with van der Waals surface area (Å²) >= 11 is 6.07. The Bertz CT molecular complexity index is 721. The first-order valence-electron chi connectivity index (χ1n) is 6.01. The summed E-state index contributed by atoms with van der Waals surface area (Å²) in [6.07, 6.45) is 2.04. The summed E-state index contributed by atoms with van der Waals surface area (Å²) in [6, 6.07) is 1.78. The van der Waals surface area contributed by atoms with E-state index in [1.165, 1.54) is 4.90 Å². The summed E-state index contributed by atoms with van der Waals surface area (Å²) in [6.45, 7) is 0.720. The number of amides is 1. The van der Waals surface area contributed by atoms with Crippen molar-refractivity contribution in [3.05, 3.63) is 27.9 Å². The van der Waals surface area contributed by atoms with Crippen molar-refractivity contribution in [2.45, 2.75) is 6.42 Å². The normalized spacial score (nSPS) is 18.6. The summed E-state index contributed by atoms with van der Waals surface area (Å²) in [7, 11) is 0. The first-order chi connectivity index (χ1) is 9.69. The lowest BCUT2D eigenvalue weighted by Gasteiger charge is -2.14. The molecule has 1 saturated heterocycles. The van der Waals surface area contributed by atoms with Crippen LogP contribution in [0, 0.1) is 5.92 Å². The highest BCUT2D eigenvalue weighted by Gasteiger charge is 2.32. The van der Waals surface area contributed by atoms with E-state index < -0.39 is 0 Å². The largest absolute Gasteiger partial charge is 0.346 e. The Balaban J connectivity index is 1.90. The number of fused-ring (bicyclic) bond motifs is 1. The zero-order valence-electron chi connectivity index (χ0n) is 10.3. The Morgan fingerprint density at radius 3 is 3.25 bits per heavy atom. The highest BCUT2D eigenvalue weighted by atomic mass is 35.5. The molecule has 2 aromatic rings. The molecule has 0 bridgehead atoms. The van der Waals surface area contributed by atoms with E-state index in [1.807, 2.05) is 0 Å². The van der Waals surface area contributed by atoms with Crippen molar-refractivity contribution in [1.82, 2.24) is 15.0 Å². The van der Waals surface area contributed by atoms with E-state index in [1.54, 1.807) is 12.3 Å². The van der Waals surface area contributed by atoms with Crippen LogP contribution in [-0.2, 0) is 4.79 Å². The van der Waals surface area contributed by atoms with E-state index in [4.69, 9.17) is 17.1 Å². The number of hydrogen-bond donors (Lipinski definition) is 1. The first kappa shape index (κ1) is 12.7. The molecule has 3 rings (SSSR count). The molecule has 8 nitrogen and oxygen atoms in total. The highest BCUT2D eigenvalue weighted by molar-refractivity contribution is 6.34. The molecule has 0 aromatic carbocycles. The van der Waals surface area contributed by atoms with Crippen molar-refractivity contribution in [3.8, 4) is 0 Å². The zero-order chi connectivity index (χ0) is 14.1. The Labute approximate surface area is 118 Å². The Kier molecular flexibility index (Phi) is 3.17. The molecule has 102 valence electrons. The van der Waals surface area contributed by atoms with Gasteiger partial charge in [0.1, 0.15) is 10.8 Å². The second kappa shape index (κ2) is 4.99. The lowest BCUT2D eigenvalue weighted by Crippen LogP contribution is -2.27. The Morgan fingerprint density at radius 2 is 2.45 bits per heavy atom. The highest BCUT2D eigenvalue weighted by Crippen LogP contribution is 2.27. The maximum atomic E-state index is 12.0. The number of halogens is 1. The summed E-state index contributed by atoms with van der Waals surface area (Å²) in [4.78, 5) is 27.6. The third-order valence-electron chi connectivity index (χ3n) is 3.21. The second-order valence-corrected chi connectivity index (χ2v) is 4.90. The van der Waals surface area contributed by atoms with E-state index in [0.29, 0.717) is 29.2 Å². The van der Waals surface area contributed by atoms with E-state index in [0.717, 1.165) is 0 Å². The number of nitrogens with one attached hydrogen (secondary N) is 1. The number of carbonyl (C=O) groups excluding carboxylic acids is 1. The van der Waals surface area contributed by atoms with Gasteiger partial charge in [0.2, 0.25) is 11.9 Å². The van der Waals surface area contributed by atoms with Crippen molar-refractivity contribution in [2.24, 2.45) is 11.0 Å². The quantitative estimate of drug-likeness (QED) is 0.405. The minimum Gasteiger partial charge on any atom is -0.346 e. The number of H-pyrrole nitrogens is 1. The monoisotopic (exact) mass is 291 g/mol. The molecule has 0 radical (unpaired) electrons. The van der Waals surface area contributed by atoms with Gasteiger partial charge in [0.25, 0.3) is 0 Å². The molecule has 0 spiro atoms. The SMILES string of the molecule is [N-]=[N+]=NCC1CC(=O)N(c2nc(Cl)c3cc[nH]c3n2)C1. The molecule has 1 unspecified atom stereocenters. The van der Waals surface area contributed by atoms with Crippen LogP contribution in [0.1, 0.15) is 6.42 Å². The molecule has 1 aliphatic rings. The summed E-state index contributed by atoms with van der Waals surface area (Å²) in [5.41, 5.74) is 8.91. The maximum absolute atomic E-state index is 12.0. The van der Waals surface area contributed by atoms with Crippen LogP contribution in [0.15, 0.2) is 17.4 Å². The number of azide groups is 1. The van der Waals surface area contributed by atoms with Gasteiger partial charge in [0.05, 0.1) is 5.39 Å². The number of anilines is 1. The van der Waals surface area contributed by atoms with Gasteiger partial charge < -0.3 is 4.98 Å². The van der Waals surface area contributed by atoms with Crippen LogP contribution >= 0.6 is 11.6 Å². The lowest BCUT2D eigenvalue weighted by molar-refractivity contribution is -0.117. The van der Waals surface area contributed by atoms with Gasteiger partial charge in [-0.25, -0.2) is 0 Å². The number of rotatable bonds is 3. The molecule has 1 atom stereocenters. The predicted molar refractivity (Wildman–Crippen MR) is 73.4 cm³/mol. The minimum absolute atomic E-state index is 0.0138. The molecule has 0 saturated carbocycles. The third-order valence-corrected chi connectivity index (χ3v) is 3.50. The molecule has 20 heavy (non-hydrogen) atoms. The van der Waals surface area contributed by atoms with Crippen LogP contribution in [0.5, 0.6) is 0 Å². The smallest absolute Gasteiger partial charge is 0.235 e. The third kappa shape index (κ3) is 2.15. The van der Waals surface area contributed by atoms with E-state index >= 15 is 0 Å². The van der Waals surface area contributed by atoms with Crippen LogP contribution < -0.4 is 4.90 Å². The van der Waals surface area contributed by atoms with E-state index in [9.17, 15) is 4.79 Å². The summed E-state index contributed by atoms with van der Waals surface area (Å²) < 4.78 is 0. The van der Waals surface area contributed by atoms with Gasteiger partial charge in [-0.15, -0.1) is 0 Å². The number of hydrogen-bond acceptors (Lipinski definition) is 4. The fraction of sp³-hybridized carbons (Fsp3) is 0.364. The van der Waals surface area contributed by atoms with Gasteiger partial charge in [0.15, 0.2) is 0 Å². The molecule has 0 aliphatic carbocycles. The van der Waals surface area contributed by atoms with E-state index in [-0.39, 0.29) is 24.3 Å². The van der Waals surface area contributed by atoms with Gasteiger partial charge in [-0.1, -0.05) is 16.7 Å². The molecule has 2 aromatic heterocycles. The van der Waals surface area contributed by atoms with Crippen LogP contribution in [0.2, 0.25) is 5.15 Å². The van der Waals surface area contributed by atoms with Gasteiger partial charge in [-0.2, -0.15) is 9.97 Å². The number of carbonyl (C=O) groups is 1. The average Bonchev–Trinajstić information content (AvgIpc) is 3.02. The molecule has 9 heteroatoms. The summed E-state index contributed by atoms with van der Waals surface area (Å²) in [5, 5.41) is 4.52. The van der Waals surface area contributed by atoms with Crippen LogP contribution in [0.25, 0.3) is 21.5 Å². The molecule has 1 aliphatic heterocycles. The molecule has 3 heterocycles. The maximum Gasteiger partial charge on any atom is 0.235 e. The van der Waals surface area contributed by atoms with Gasteiger partial charge >= 0.3 is 0 Å². The van der Waals surface area contributed by atoms with Crippen LogP contribution in [0.4, 0.5) is 5.95 Å². The van der Waals surface area contributed by atoms with Gasteiger partial charge in [0, 0.05) is 30.6 Å². The van der Waals surface area contributed by atoms with E-state index in [2.05, 4.69) is 25.0 Å². The van der Waals surface area contributed by atoms with Crippen molar-refractivity contribution >= 4 is 34.5 Å². The van der Waals surface area contributed by atoms with Gasteiger partial charge in [-0.3, -0.25) is 9.69 Å². The molecule has 1 amide bonds. The molecular formula is C11H10ClN7O. The van der Waals surface area contributed by atoms with Crippen molar-refractivity contribution in [3.63, 3.8) is 0 Å². The predicted octanol–water partition coefficient (Wildman–Crippen LogP) is 2.27. The minimum atomic E-state index is -0.0925. The Hall–Kier alpha value is -2.31. The van der Waals surface area contributed by atoms with Crippen molar-refractivity contribution < 1.29 is 4.79 Å². The fourth-order valence-electron chi connectivity index (χ4n) is 2.26. The molecular weight excluding hydrogens is 282 g/mol. The Morgan fingerprint density at radius 1 is 1.60 bits per heavy atom. The fourth-order valence-corrected chi connectivity index (χ4v) is 2.49. The lowest BCUT2D eigenvalue weighted by atomic mass is 10.1.